The molecule has 0 radical (unpaired) electrons. The highest BCUT2D eigenvalue weighted by Crippen LogP contribution is 2.08. The van der Waals surface area contributed by atoms with Crippen LogP contribution in [0.15, 0.2) is 12.7 Å². The van der Waals surface area contributed by atoms with E-state index in [1.807, 2.05) is 6.92 Å². The molecule has 0 saturated carbocycles. The summed E-state index contributed by atoms with van der Waals surface area (Å²) in [6, 6.07) is 0. The fourth-order valence-corrected chi connectivity index (χ4v) is 0.590. The Morgan fingerprint density at radius 2 is 2.44 bits per heavy atom. The SMILES string of the molecule is C=CCCC(C)C(=O)Cl. The Balaban J connectivity index is 3.37. The van der Waals surface area contributed by atoms with Crippen LogP contribution < -0.4 is 0 Å². The molecular weight excluding hydrogens is 136 g/mol. The third-order valence-electron chi connectivity index (χ3n) is 1.19. The first-order valence-corrected chi connectivity index (χ1v) is 3.36. The van der Waals surface area contributed by atoms with Crippen molar-refractivity contribution in [2.24, 2.45) is 5.92 Å². The van der Waals surface area contributed by atoms with Crippen LogP contribution >= 0.6 is 11.6 Å². The van der Waals surface area contributed by atoms with Gasteiger partial charge >= 0.3 is 0 Å². The molecule has 1 unspecified atom stereocenters. The second-order valence-electron chi connectivity index (χ2n) is 2.07. The van der Waals surface area contributed by atoms with E-state index in [4.69, 9.17) is 11.6 Å². The first kappa shape index (κ1) is 8.70. The van der Waals surface area contributed by atoms with Crippen molar-refractivity contribution in [3.63, 3.8) is 0 Å². The molecule has 0 spiro atoms. The third kappa shape index (κ3) is 4.22. The lowest BCUT2D eigenvalue weighted by Crippen LogP contribution is -2.02. The highest BCUT2D eigenvalue weighted by atomic mass is 35.5. The maximum Gasteiger partial charge on any atom is 0.224 e. The van der Waals surface area contributed by atoms with Crippen molar-refractivity contribution in [3.8, 4) is 0 Å². The summed E-state index contributed by atoms with van der Waals surface area (Å²) in [6.45, 7) is 5.36. The summed E-state index contributed by atoms with van der Waals surface area (Å²) in [5.74, 6) is -0.0235. The van der Waals surface area contributed by atoms with Crippen molar-refractivity contribution in [1.82, 2.24) is 0 Å². The van der Waals surface area contributed by atoms with Gasteiger partial charge in [0.2, 0.25) is 5.24 Å². The molecule has 0 amide bonds. The van der Waals surface area contributed by atoms with Crippen molar-refractivity contribution in [3.05, 3.63) is 12.7 Å². The first-order chi connectivity index (χ1) is 4.18. The number of hydrogen-bond donors (Lipinski definition) is 0. The predicted octanol–water partition coefficient (Wildman–Crippen LogP) is 2.35. The first-order valence-electron chi connectivity index (χ1n) is 2.98. The Kier molecular flexibility index (Phi) is 4.41. The van der Waals surface area contributed by atoms with Gasteiger partial charge in [-0.3, -0.25) is 4.79 Å². The lowest BCUT2D eigenvalue weighted by atomic mass is 10.1. The van der Waals surface area contributed by atoms with E-state index in [0.29, 0.717) is 0 Å². The summed E-state index contributed by atoms with van der Waals surface area (Å²) in [5, 5.41) is -0.253. The van der Waals surface area contributed by atoms with Gasteiger partial charge in [0.1, 0.15) is 0 Å². The molecule has 0 bridgehead atoms. The summed E-state index contributed by atoms with van der Waals surface area (Å²) in [6.07, 6.45) is 3.46. The standard InChI is InChI=1S/C7H11ClO/c1-3-4-5-6(2)7(8)9/h3,6H,1,4-5H2,2H3. The van der Waals surface area contributed by atoms with E-state index in [1.165, 1.54) is 0 Å². The number of carbonyl (C=O) groups is 1. The highest BCUT2D eigenvalue weighted by molar-refractivity contribution is 6.63. The van der Waals surface area contributed by atoms with Gasteiger partial charge in [0.15, 0.2) is 0 Å². The number of allylic oxidation sites excluding steroid dienone is 1. The van der Waals surface area contributed by atoms with Gasteiger partial charge in [0.25, 0.3) is 0 Å². The average Bonchev–Trinajstić information content (AvgIpc) is 1.82. The summed E-state index contributed by atoms with van der Waals surface area (Å²) >= 11 is 5.19. The van der Waals surface area contributed by atoms with E-state index in [0.717, 1.165) is 12.8 Å². The van der Waals surface area contributed by atoms with Crippen molar-refractivity contribution in [2.45, 2.75) is 19.8 Å². The molecule has 2 heteroatoms. The normalized spacial score (nSPS) is 12.7. The zero-order chi connectivity index (χ0) is 7.28. The van der Waals surface area contributed by atoms with Gasteiger partial charge in [0.05, 0.1) is 0 Å². The van der Waals surface area contributed by atoms with Crippen LogP contribution in [0.2, 0.25) is 0 Å². The Morgan fingerprint density at radius 3 is 2.78 bits per heavy atom. The molecule has 9 heavy (non-hydrogen) atoms. The smallest absolute Gasteiger partial charge is 0.224 e. The summed E-state index contributed by atoms with van der Waals surface area (Å²) in [5.41, 5.74) is 0. The largest absolute Gasteiger partial charge is 0.281 e. The van der Waals surface area contributed by atoms with Crippen molar-refractivity contribution in [2.75, 3.05) is 0 Å². The topological polar surface area (TPSA) is 17.1 Å². The van der Waals surface area contributed by atoms with Crippen LogP contribution in [0.5, 0.6) is 0 Å². The van der Waals surface area contributed by atoms with Gasteiger partial charge in [-0.1, -0.05) is 13.0 Å². The lowest BCUT2D eigenvalue weighted by Gasteiger charge is -2.00. The molecule has 0 aromatic heterocycles. The summed E-state index contributed by atoms with van der Waals surface area (Å²) < 4.78 is 0. The van der Waals surface area contributed by atoms with Gasteiger partial charge in [-0.15, -0.1) is 6.58 Å². The molecule has 0 aliphatic rings. The molecule has 0 aromatic rings. The van der Waals surface area contributed by atoms with E-state index in [1.54, 1.807) is 6.08 Å². The van der Waals surface area contributed by atoms with Crippen LogP contribution in [0.1, 0.15) is 19.8 Å². The van der Waals surface area contributed by atoms with Crippen molar-refractivity contribution in [1.29, 1.82) is 0 Å². The van der Waals surface area contributed by atoms with Crippen LogP contribution in [0.25, 0.3) is 0 Å². The minimum absolute atomic E-state index is 0.0235. The summed E-state index contributed by atoms with van der Waals surface area (Å²) in [4.78, 5) is 10.4. The maximum atomic E-state index is 10.4. The second kappa shape index (κ2) is 4.57. The summed E-state index contributed by atoms with van der Waals surface area (Å²) in [7, 11) is 0. The molecule has 0 aromatic carbocycles. The Bertz CT molecular complexity index is 109. The van der Waals surface area contributed by atoms with Crippen LogP contribution in [0, 0.1) is 5.92 Å². The fraction of sp³-hybridized carbons (Fsp3) is 0.571. The quantitative estimate of drug-likeness (QED) is 0.440. The highest BCUT2D eigenvalue weighted by Gasteiger charge is 2.06. The van der Waals surface area contributed by atoms with Crippen LogP contribution in [-0.2, 0) is 4.79 Å². The minimum Gasteiger partial charge on any atom is -0.281 e. The molecular formula is C7H11ClO. The molecule has 0 fully saturated rings. The number of carbonyl (C=O) groups excluding carboxylic acids is 1. The maximum absolute atomic E-state index is 10.4. The molecule has 1 atom stereocenters. The molecule has 0 aliphatic heterocycles. The van der Waals surface area contributed by atoms with Crippen LogP contribution in [0.4, 0.5) is 0 Å². The molecule has 0 aliphatic carbocycles. The molecule has 0 N–H and O–H groups in total. The zero-order valence-corrected chi connectivity index (χ0v) is 6.32. The van der Waals surface area contributed by atoms with Crippen molar-refractivity contribution >= 4 is 16.8 Å². The zero-order valence-electron chi connectivity index (χ0n) is 5.56. The van der Waals surface area contributed by atoms with E-state index in [2.05, 4.69) is 6.58 Å². The van der Waals surface area contributed by atoms with Gasteiger partial charge in [-0.05, 0) is 24.4 Å². The van der Waals surface area contributed by atoms with E-state index in [-0.39, 0.29) is 11.2 Å². The van der Waals surface area contributed by atoms with Crippen LogP contribution in [-0.4, -0.2) is 5.24 Å². The Labute approximate surface area is 60.7 Å². The lowest BCUT2D eigenvalue weighted by molar-refractivity contribution is -0.114. The van der Waals surface area contributed by atoms with Gasteiger partial charge in [-0.2, -0.15) is 0 Å². The van der Waals surface area contributed by atoms with Crippen molar-refractivity contribution < 1.29 is 4.79 Å². The average molecular weight is 147 g/mol. The predicted molar refractivity (Wildman–Crippen MR) is 39.5 cm³/mol. The van der Waals surface area contributed by atoms with E-state index < -0.39 is 0 Å². The Morgan fingerprint density at radius 1 is 1.89 bits per heavy atom. The van der Waals surface area contributed by atoms with Crippen LogP contribution in [0.3, 0.4) is 0 Å². The number of halogens is 1. The van der Waals surface area contributed by atoms with Gasteiger partial charge in [-0.25, -0.2) is 0 Å². The van der Waals surface area contributed by atoms with E-state index >= 15 is 0 Å². The number of rotatable bonds is 4. The fourth-order valence-electron chi connectivity index (χ4n) is 0.481. The monoisotopic (exact) mass is 146 g/mol. The van der Waals surface area contributed by atoms with E-state index in [9.17, 15) is 4.79 Å². The number of hydrogen-bond acceptors (Lipinski definition) is 1. The molecule has 52 valence electrons. The van der Waals surface area contributed by atoms with Gasteiger partial charge in [0, 0.05) is 5.92 Å². The Hall–Kier alpha value is -0.300. The molecule has 0 heterocycles. The minimum atomic E-state index is -0.253. The third-order valence-corrected chi connectivity index (χ3v) is 1.56. The second-order valence-corrected chi connectivity index (χ2v) is 2.44. The van der Waals surface area contributed by atoms with Gasteiger partial charge < -0.3 is 0 Å². The molecule has 0 saturated heterocycles. The molecule has 0 rings (SSSR count). The molecule has 1 nitrogen and oxygen atoms in total.